The van der Waals surface area contributed by atoms with Gasteiger partial charge in [0.15, 0.2) is 0 Å². The topological polar surface area (TPSA) is 159 Å². The molecule has 1 saturated heterocycles. The van der Waals surface area contributed by atoms with Crippen LogP contribution in [-0.2, 0) is 19.1 Å². The van der Waals surface area contributed by atoms with Crippen molar-refractivity contribution in [1.82, 2.24) is 9.88 Å². The summed E-state index contributed by atoms with van der Waals surface area (Å²) in [4.78, 5) is 41.2. The molecule has 11 heteroatoms. The summed E-state index contributed by atoms with van der Waals surface area (Å²) < 4.78 is 6.39. The lowest BCUT2D eigenvalue weighted by molar-refractivity contribution is -0.145. The summed E-state index contributed by atoms with van der Waals surface area (Å²) in [6.07, 6.45) is 4.46. The Balaban J connectivity index is 0.000000476. The van der Waals surface area contributed by atoms with Gasteiger partial charge in [0.05, 0.1) is 17.3 Å². The van der Waals surface area contributed by atoms with Gasteiger partial charge in [0.25, 0.3) is 5.56 Å². The van der Waals surface area contributed by atoms with Crippen LogP contribution in [0, 0.1) is 6.92 Å². The number of primary amides is 1. The molecule has 1 atom stereocenters. The Bertz CT molecular complexity index is 975. The molecule has 1 aliphatic heterocycles. The predicted octanol–water partition coefficient (Wildman–Crippen LogP) is 2.63. The van der Waals surface area contributed by atoms with Gasteiger partial charge in [-0.05, 0) is 76.9 Å². The number of rotatable bonds is 5. The fourth-order valence-corrected chi connectivity index (χ4v) is 3.09. The molecule has 6 N–H and O–H groups in total. The second kappa shape index (κ2) is 18.0. The van der Waals surface area contributed by atoms with Crippen LogP contribution in [-0.4, -0.2) is 42.6 Å². The summed E-state index contributed by atoms with van der Waals surface area (Å²) in [5, 5.41) is 6.06. The highest BCUT2D eigenvalue weighted by atomic mass is 35.5. The highest BCUT2D eigenvalue weighted by Gasteiger charge is 2.22. The maximum atomic E-state index is 11.5. The van der Waals surface area contributed by atoms with E-state index in [1.54, 1.807) is 29.0 Å². The molecule has 0 bridgehead atoms. The number of nitrogens with two attached hydrogens (primary N) is 2. The van der Waals surface area contributed by atoms with Crippen molar-refractivity contribution in [2.24, 2.45) is 5.73 Å². The third kappa shape index (κ3) is 12.6. The first-order valence-electron chi connectivity index (χ1n) is 11.1. The van der Waals surface area contributed by atoms with Gasteiger partial charge in [0, 0.05) is 12.2 Å². The minimum Gasteiger partial charge on any atom is -0.465 e. The summed E-state index contributed by atoms with van der Waals surface area (Å²) in [5.74, 6) is -0.0972. The fourth-order valence-electron chi connectivity index (χ4n) is 2.85. The van der Waals surface area contributed by atoms with Crippen LogP contribution in [0.1, 0.15) is 45.2 Å². The van der Waals surface area contributed by atoms with Crippen molar-refractivity contribution < 1.29 is 19.1 Å². The van der Waals surface area contributed by atoms with Crippen molar-refractivity contribution in [2.75, 3.05) is 24.2 Å². The maximum Gasteiger partial charge on any atom is 0.323 e. The maximum absolute atomic E-state index is 11.5. The van der Waals surface area contributed by atoms with Crippen LogP contribution in [0.4, 0.5) is 11.4 Å². The number of anilines is 2. The van der Waals surface area contributed by atoms with Gasteiger partial charge in [-0.3, -0.25) is 19.2 Å². The number of nitrogen functional groups attached to an aromatic ring is 1. The van der Waals surface area contributed by atoms with E-state index >= 15 is 0 Å². The zero-order valence-corrected chi connectivity index (χ0v) is 21.4. The van der Waals surface area contributed by atoms with Crippen molar-refractivity contribution in [3.05, 3.63) is 57.5 Å². The lowest BCUT2D eigenvalue weighted by Gasteiger charge is -2.10. The molecule has 1 aromatic carbocycles. The van der Waals surface area contributed by atoms with E-state index in [2.05, 4.69) is 16.4 Å². The van der Waals surface area contributed by atoms with Crippen molar-refractivity contribution in [2.45, 2.75) is 52.6 Å². The summed E-state index contributed by atoms with van der Waals surface area (Å²) in [7, 11) is 0. The number of pyridine rings is 1. The number of esters is 1. The monoisotopic (exact) mass is 509 g/mol. The molecule has 1 aromatic heterocycles. The SMILES string of the molecule is CC(C)n1cccc(NC=O)c1=O.CCOC(=O)C1CCCN1.Cc1ccc(N)c(Cl)c1.NC=O. The Kier molecular flexibility index (Phi) is 16.3. The van der Waals surface area contributed by atoms with Gasteiger partial charge in [0.2, 0.25) is 12.8 Å². The van der Waals surface area contributed by atoms with E-state index in [0.717, 1.165) is 24.9 Å². The molecule has 1 fully saturated rings. The Morgan fingerprint density at radius 2 is 2.00 bits per heavy atom. The number of nitrogens with one attached hydrogen (secondary N) is 2. The van der Waals surface area contributed by atoms with Gasteiger partial charge in [-0.25, -0.2) is 0 Å². The highest BCUT2D eigenvalue weighted by Crippen LogP contribution is 2.18. The first kappa shape index (κ1) is 31.6. The molecule has 3 rings (SSSR count). The molecular weight excluding hydrogens is 474 g/mol. The molecule has 2 aromatic rings. The van der Waals surface area contributed by atoms with Crippen LogP contribution in [0.25, 0.3) is 0 Å². The van der Waals surface area contributed by atoms with Gasteiger partial charge in [-0.2, -0.15) is 0 Å². The minimum absolute atomic E-state index is 0.0278. The fraction of sp³-hybridized carbons (Fsp3) is 0.417. The van der Waals surface area contributed by atoms with E-state index in [-0.39, 0.29) is 30.0 Å². The number of carbonyl (C=O) groups is 3. The van der Waals surface area contributed by atoms with E-state index in [1.807, 2.05) is 39.8 Å². The van der Waals surface area contributed by atoms with Crippen LogP contribution in [0.15, 0.2) is 41.3 Å². The van der Waals surface area contributed by atoms with E-state index in [0.29, 0.717) is 29.4 Å². The lowest BCUT2D eigenvalue weighted by Crippen LogP contribution is -2.32. The Morgan fingerprint density at radius 1 is 1.34 bits per heavy atom. The van der Waals surface area contributed by atoms with E-state index in [1.165, 1.54) is 0 Å². The molecule has 0 spiro atoms. The third-order valence-electron chi connectivity index (χ3n) is 4.53. The Hall–Kier alpha value is -3.37. The second-order valence-corrected chi connectivity index (χ2v) is 7.96. The number of amides is 2. The minimum atomic E-state index is -0.176. The zero-order valence-electron chi connectivity index (χ0n) is 20.6. The lowest BCUT2D eigenvalue weighted by atomic mass is 10.2. The molecule has 1 aliphatic rings. The highest BCUT2D eigenvalue weighted by molar-refractivity contribution is 6.33. The number of halogens is 1. The number of aryl methyl sites for hydroxylation is 1. The molecule has 0 saturated carbocycles. The standard InChI is InChI=1S/C9H12N2O2.C7H8ClN.C7H13NO2.CH3NO/c1-7(2)11-5-3-4-8(9(11)13)10-6-12;1-5-2-3-7(9)6(8)4-5;1-2-10-7(9)6-4-3-5-8-6;2-1-3/h3-7H,1-2H3,(H,10,12);2-4H,9H2,1H3;6,8H,2-5H2,1H3;1H,(H2,2,3). The summed E-state index contributed by atoms with van der Waals surface area (Å²) in [6.45, 7) is 9.05. The molecule has 1 unspecified atom stereocenters. The number of benzene rings is 1. The number of hydrogen-bond acceptors (Lipinski definition) is 7. The van der Waals surface area contributed by atoms with E-state index in [9.17, 15) is 14.4 Å². The van der Waals surface area contributed by atoms with Crippen LogP contribution in [0.5, 0.6) is 0 Å². The Labute approximate surface area is 211 Å². The van der Waals surface area contributed by atoms with Crippen molar-refractivity contribution in [3.8, 4) is 0 Å². The van der Waals surface area contributed by atoms with Gasteiger partial charge in [-0.15, -0.1) is 0 Å². The second-order valence-electron chi connectivity index (χ2n) is 7.55. The van der Waals surface area contributed by atoms with Crippen molar-refractivity contribution in [3.63, 3.8) is 0 Å². The first-order chi connectivity index (χ1) is 16.6. The normalized spacial score (nSPS) is 13.6. The van der Waals surface area contributed by atoms with Crippen LogP contribution in [0.2, 0.25) is 5.02 Å². The predicted molar refractivity (Wildman–Crippen MR) is 139 cm³/mol. The number of nitrogens with zero attached hydrogens (tertiary/aromatic N) is 1. The largest absolute Gasteiger partial charge is 0.465 e. The molecule has 35 heavy (non-hydrogen) atoms. The van der Waals surface area contributed by atoms with Crippen LogP contribution in [0.3, 0.4) is 0 Å². The van der Waals surface area contributed by atoms with Gasteiger partial charge in [0.1, 0.15) is 11.7 Å². The molecule has 0 aliphatic carbocycles. The smallest absolute Gasteiger partial charge is 0.323 e. The van der Waals surface area contributed by atoms with Crippen LogP contribution >= 0.6 is 11.6 Å². The molecule has 194 valence electrons. The van der Waals surface area contributed by atoms with Gasteiger partial charge < -0.3 is 31.4 Å². The molecule has 0 radical (unpaired) electrons. The number of hydrogen-bond donors (Lipinski definition) is 4. The average Bonchev–Trinajstić information content (AvgIpc) is 3.35. The number of aromatic nitrogens is 1. The molecule has 2 heterocycles. The van der Waals surface area contributed by atoms with Gasteiger partial charge >= 0.3 is 5.97 Å². The molecule has 2 amide bonds. The van der Waals surface area contributed by atoms with E-state index < -0.39 is 0 Å². The van der Waals surface area contributed by atoms with E-state index in [4.69, 9.17) is 26.9 Å². The number of carbonyl (C=O) groups excluding carboxylic acids is 3. The summed E-state index contributed by atoms with van der Waals surface area (Å²) in [5.41, 5.74) is 11.5. The average molecular weight is 510 g/mol. The number of ether oxygens (including phenoxy) is 1. The molecular formula is C24H36ClN5O5. The summed E-state index contributed by atoms with van der Waals surface area (Å²) in [6, 6.07) is 8.96. The van der Waals surface area contributed by atoms with Crippen molar-refractivity contribution in [1.29, 1.82) is 0 Å². The van der Waals surface area contributed by atoms with Crippen LogP contribution < -0.4 is 27.7 Å². The quantitative estimate of drug-likeness (QED) is 0.274. The van der Waals surface area contributed by atoms with Crippen molar-refractivity contribution >= 4 is 41.8 Å². The molecule has 10 nitrogen and oxygen atoms in total. The zero-order chi connectivity index (χ0) is 26.8. The first-order valence-corrected chi connectivity index (χ1v) is 11.5. The Morgan fingerprint density at radius 3 is 2.46 bits per heavy atom. The van der Waals surface area contributed by atoms with Gasteiger partial charge in [-0.1, -0.05) is 17.7 Å². The summed E-state index contributed by atoms with van der Waals surface area (Å²) >= 11 is 5.69. The third-order valence-corrected chi connectivity index (χ3v) is 4.86.